The third-order valence-corrected chi connectivity index (χ3v) is 3.35. The first-order valence-corrected chi connectivity index (χ1v) is 6.60. The Kier molecular flexibility index (Phi) is 5.56. The molecule has 3 N–H and O–H groups in total. The molecule has 1 aromatic carbocycles. The second-order valence-corrected chi connectivity index (χ2v) is 5.06. The molecule has 1 aromatic rings. The molecule has 1 rings (SSSR count). The van der Waals surface area contributed by atoms with Gasteiger partial charge in [-0.2, -0.15) is 0 Å². The lowest BCUT2D eigenvalue weighted by Crippen LogP contribution is -2.43. The summed E-state index contributed by atoms with van der Waals surface area (Å²) in [5.74, 6) is -0.205. The van der Waals surface area contributed by atoms with Gasteiger partial charge in [-0.15, -0.1) is 0 Å². The molecular formula is C13H17ClN2OS. The van der Waals surface area contributed by atoms with E-state index < -0.39 is 0 Å². The van der Waals surface area contributed by atoms with Crippen LogP contribution in [0.25, 0.3) is 0 Å². The Morgan fingerprint density at radius 1 is 1.56 bits per heavy atom. The zero-order valence-corrected chi connectivity index (χ0v) is 12.1. The number of nitrogens with two attached hydrogens (primary N) is 1. The maximum Gasteiger partial charge on any atom is 0.251 e. The van der Waals surface area contributed by atoms with Crippen LogP contribution in [0, 0.1) is 6.92 Å². The van der Waals surface area contributed by atoms with Gasteiger partial charge in [0.2, 0.25) is 0 Å². The lowest BCUT2D eigenvalue weighted by molar-refractivity contribution is 0.0945. The molecule has 0 aliphatic rings. The van der Waals surface area contributed by atoms with Crippen molar-refractivity contribution in [2.24, 2.45) is 5.73 Å². The fraction of sp³-hybridized carbons (Fsp3) is 0.385. The van der Waals surface area contributed by atoms with Gasteiger partial charge in [-0.1, -0.05) is 43.2 Å². The lowest BCUT2D eigenvalue weighted by atomic mass is 10.1. The van der Waals surface area contributed by atoms with Crippen LogP contribution in [0.3, 0.4) is 0 Å². The van der Waals surface area contributed by atoms with E-state index in [2.05, 4.69) is 5.32 Å². The first-order valence-electron chi connectivity index (χ1n) is 5.82. The van der Waals surface area contributed by atoms with Crippen LogP contribution < -0.4 is 11.1 Å². The van der Waals surface area contributed by atoms with E-state index in [-0.39, 0.29) is 11.9 Å². The highest BCUT2D eigenvalue weighted by Gasteiger charge is 2.15. The first kappa shape index (κ1) is 14.9. The van der Waals surface area contributed by atoms with E-state index in [1.807, 2.05) is 19.9 Å². The summed E-state index contributed by atoms with van der Waals surface area (Å²) in [5, 5.41) is 3.39. The fourth-order valence-corrected chi connectivity index (χ4v) is 1.91. The van der Waals surface area contributed by atoms with Crippen molar-refractivity contribution in [3.05, 3.63) is 34.3 Å². The molecule has 0 saturated heterocycles. The third-order valence-electron chi connectivity index (χ3n) is 2.66. The number of amides is 1. The Bertz CT molecular complexity index is 462. The summed E-state index contributed by atoms with van der Waals surface area (Å²) in [4.78, 5) is 12.3. The number of benzene rings is 1. The number of rotatable bonds is 5. The number of hydrogen-bond donors (Lipinski definition) is 2. The summed E-state index contributed by atoms with van der Waals surface area (Å²) in [6.45, 7) is 3.90. The lowest BCUT2D eigenvalue weighted by Gasteiger charge is -2.16. The highest BCUT2D eigenvalue weighted by atomic mass is 35.5. The molecule has 0 saturated carbocycles. The van der Waals surface area contributed by atoms with Gasteiger partial charge in [-0.25, -0.2) is 0 Å². The minimum Gasteiger partial charge on any atom is -0.392 e. The van der Waals surface area contributed by atoms with E-state index in [1.54, 1.807) is 12.1 Å². The number of carbonyl (C=O) groups is 1. The number of thiocarbonyl (C=S) groups is 1. The molecule has 5 heteroatoms. The molecule has 0 aliphatic heterocycles. The average molecular weight is 285 g/mol. The second kappa shape index (κ2) is 6.71. The summed E-state index contributed by atoms with van der Waals surface area (Å²) in [7, 11) is 0. The molecule has 1 unspecified atom stereocenters. The second-order valence-electron chi connectivity index (χ2n) is 4.18. The molecule has 0 heterocycles. The molecule has 1 atom stereocenters. The van der Waals surface area contributed by atoms with Crippen molar-refractivity contribution in [1.29, 1.82) is 0 Å². The molecule has 98 valence electrons. The van der Waals surface area contributed by atoms with Crippen molar-refractivity contribution in [2.75, 3.05) is 0 Å². The van der Waals surface area contributed by atoms with Crippen LogP contribution in [0.2, 0.25) is 5.02 Å². The molecule has 18 heavy (non-hydrogen) atoms. The minimum atomic E-state index is -0.266. The average Bonchev–Trinajstić information content (AvgIpc) is 2.31. The van der Waals surface area contributed by atoms with Gasteiger partial charge in [0, 0.05) is 10.6 Å². The highest BCUT2D eigenvalue weighted by molar-refractivity contribution is 7.80. The van der Waals surface area contributed by atoms with E-state index >= 15 is 0 Å². The van der Waals surface area contributed by atoms with Gasteiger partial charge >= 0.3 is 0 Å². The monoisotopic (exact) mass is 284 g/mol. The Hall–Kier alpha value is -1.13. The molecule has 0 radical (unpaired) electrons. The van der Waals surface area contributed by atoms with Gasteiger partial charge in [-0.05, 0) is 31.0 Å². The summed E-state index contributed by atoms with van der Waals surface area (Å²) in [6, 6.07) is 4.93. The van der Waals surface area contributed by atoms with E-state index in [1.165, 1.54) is 0 Å². The molecule has 0 bridgehead atoms. The molecule has 3 nitrogen and oxygen atoms in total. The van der Waals surface area contributed by atoms with Crippen molar-refractivity contribution < 1.29 is 4.79 Å². The Balaban J connectivity index is 2.80. The summed E-state index contributed by atoms with van der Waals surface area (Å²) in [6.07, 6.45) is 1.64. The van der Waals surface area contributed by atoms with Crippen LogP contribution in [0.15, 0.2) is 18.2 Å². The maximum atomic E-state index is 12.0. The maximum absolute atomic E-state index is 12.0. The van der Waals surface area contributed by atoms with E-state index in [4.69, 9.17) is 29.6 Å². The molecule has 0 aliphatic carbocycles. The summed E-state index contributed by atoms with van der Waals surface area (Å²) < 4.78 is 0. The van der Waals surface area contributed by atoms with Gasteiger partial charge < -0.3 is 11.1 Å². The van der Waals surface area contributed by atoms with E-state index in [9.17, 15) is 4.79 Å². The number of halogens is 1. The van der Waals surface area contributed by atoms with Gasteiger partial charge in [0.15, 0.2) is 0 Å². The van der Waals surface area contributed by atoms with Crippen molar-refractivity contribution >= 4 is 34.7 Å². The van der Waals surface area contributed by atoms with Gasteiger partial charge in [0.05, 0.1) is 11.0 Å². The quantitative estimate of drug-likeness (QED) is 0.818. The summed E-state index contributed by atoms with van der Waals surface area (Å²) in [5.41, 5.74) is 7.05. The van der Waals surface area contributed by atoms with Crippen molar-refractivity contribution in [1.82, 2.24) is 5.32 Å². The van der Waals surface area contributed by atoms with Crippen LogP contribution >= 0.6 is 23.8 Å². The first-order chi connectivity index (χ1) is 8.45. The van der Waals surface area contributed by atoms with Crippen LogP contribution in [0.4, 0.5) is 0 Å². The summed E-state index contributed by atoms with van der Waals surface area (Å²) >= 11 is 10.9. The Morgan fingerprint density at radius 3 is 2.72 bits per heavy atom. The normalized spacial score (nSPS) is 11.9. The number of nitrogens with one attached hydrogen (secondary N) is 1. The molecule has 1 amide bonds. The molecule has 0 spiro atoms. The molecular weight excluding hydrogens is 268 g/mol. The van der Waals surface area contributed by atoms with Gasteiger partial charge in [0.1, 0.15) is 0 Å². The fourth-order valence-electron chi connectivity index (χ4n) is 1.55. The van der Waals surface area contributed by atoms with Crippen molar-refractivity contribution in [2.45, 2.75) is 32.7 Å². The Morgan fingerprint density at radius 2 is 2.22 bits per heavy atom. The largest absolute Gasteiger partial charge is 0.392 e. The van der Waals surface area contributed by atoms with Gasteiger partial charge in [0.25, 0.3) is 5.91 Å². The van der Waals surface area contributed by atoms with E-state index in [0.717, 1.165) is 18.4 Å². The van der Waals surface area contributed by atoms with Crippen LogP contribution in [-0.4, -0.2) is 16.9 Å². The number of hydrogen-bond acceptors (Lipinski definition) is 2. The van der Waals surface area contributed by atoms with Crippen LogP contribution in [0.1, 0.15) is 35.7 Å². The zero-order valence-electron chi connectivity index (χ0n) is 10.5. The minimum absolute atomic E-state index is 0.205. The standard InChI is InChI=1S/C13H17ClN2OS/c1-3-4-11(12(15)18)16-13(17)9-6-5-8(2)10(14)7-9/h5-7,11H,3-4H2,1-2H3,(H2,15,18)(H,16,17). The molecule has 0 aromatic heterocycles. The topological polar surface area (TPSA) is 55.1 Å². The highest BCUT2D eigenvalue weighted by Crippen LogP contribution is 2.16. The Labute approximate surface area is 118 Å². The predicted molar refractivity (Wildman–Crippen MR) is 79.1 cm³/mol. The molecule has 0 fully saturated rings. The van der Waals surface area contributed by atoms with Gasteiger partial charge in [-0.3, -0.25) is 4.79 Å². The SMILES string of the molecule is CCCC(NC(=O)c1ccc(C)c(Cl)c1)C(N)=S. The van der Waals surface area contributed by atoms with Crippen molar-refractivity contribution in [3.8, 4) is 0 Å². The van der Waals surface area contributed by atoms with E-state index in [0.29, 0.717) is 15.6 Å². The number of carbonyl (C=O) groups excluding carboxylic acids is 1. The number of aryl methyl sites for hydroxylation is 1. The van der Waals surface area contributed by atoms with Crippen LogP contribution in [-0.2, 0) is 0 Å². The van der Waals surface area contributed by atoms with Crippen molar-refractivity contribution in [3.63, 3.8) is 0 Å². The third kappa shape index (κ3) is 3.96. The zero-order chi connectivity index (χ0) is 13.7. The van der Waals surface area contributed by atoms with Crippen LogP contribution in [0.5, 0.6) is 0 Å². The smallest absolute Gasteiger partial charge is 0.251 e. The predicted octanol–water partition coefficient (Wildman–Crippen LogP) is 2.83.